The lowest BCUT2D eigenvalue weighted by atomic mass is 9.80. The smallest absolute Gasteiger partial charge is 0.119 e. The minimum Gasteiger partial charge on any atom is -0.493 e. The van der Waals surface area contributed by atoms with Gasteiger partial charge in [-0.15, -0.1) is 0 Å². The zero-order valence-corrected chi connectivity index (χ0v) is 21.0. The normalized spacial score (nSPS) is 28.6. The summed E-state index contributed by atoms with van der Waals surface area (Å²) in [5, 5.41) is 12.6. The molecule has 0 radical (unpaired) electrons. The first-order valence-corrected chi connectivity index (χ1v) is 13.6. The third-order valence-electron chi connectivity index (χ3n) is 8.72. The zero-order chi connectivity index (χ0) is 23.4. The first-order chi connectivity index (χ1) is 16.6. The summed E-state index contributed by atoms with van der Waals surface area (Å²) in [5.74, 6) is 1.78. The van der Waals surface area contributed by atoms with E-state index in [0.29, 0.717) is 17.5 Å². The van der Waals surface area contributed by atoms with Crippen LogP contribution in [0, 0.1) is 11.8 Å². The number of rotatable bonds is 10. The van der Waals surface area contributed by atoms with Crippen LogP contribution in [0.3, 0.4) is 0 Å². The standard InChI is InChI=1S/C29H39ClNO3/c30-27-14-7-6-13-26(27)29(32,24-9-4-5-10-24)22-34-28-21-31(18-15-23(28)16-19-31)17-8-20-33-25-11-2-1-3-12-25/h1-3,6-7,11-14,23-24,28,32H,4-5,8-10,15-22H2/q+1. The van der Waals surface area contributed by atoms with Crippen LogP contribution >= 0.6 is 11.6 Å². The molecule has 5 heteroatoms. The van der Waals surface area contributed by atoms with Crippen molar-refractivity contribution in [2.24, 2.45) is 11.8 Å². The van der Waals surface area contributed by atoms with Crippen LogP contribution < -0.4 is 4.74 Å². The first kappa shape index (κ1) is 24.1. The molecule has 6 rings (SSSR count). The highest BCUT2D eigenvalue weighted by molar-refractivity contribution is 6.31. The van der Waals surface area contributed by atoms with Crippen molar-refractivity contribution in [2.45, 2.75) is 56.7 Å². The molecule has 34 heavy (non-hydrogen) atoms. The molecule has 3 heterocycles. The molecule has 2 atom stereocenters. The van der Waals surface area contributed by atoms with Gasteiger partial charge in [0.05, 0.1) is 32.8 Å². The second kappa shape index (κ2) is 10.6. The Morgan fingerprint density at radius 2 is 1.65 bits per heavy atom. The monoisotopic (exact) mass is 484 g/mol. The van der Waals surface area contributed by atoms with Gasteiger partial charge in [-0.3, -0.25) is 0 Å². The fourth-order valence-electron chi connectivity index (χ4n) is 6.70. The number of aliphatic hydroxyl groups is 1. The molecule has 2 aromatic carbocycles. The number of hydrogen-bond donors (Lipinski definition) is 1. The maximum absolute atomic E-state index is 12.0. The Balaban J connectivity index is 1.21. The molecule has 184 valence electrons. The topological polar surface area (TPSA) is 38.7 Å². The molecule has 2 unspecified atom stereocenters. The van der Waals surface area contributed by atoms with Crippen LogP contribution in [0.1, 0.15) is 50.5 Å². The van der Waals surface area contributed by atoms with Gasteiger partial charge in [0.15, 0.2) is 0 Å². The van der Waals surface area contributed by atoms with Crippen molar-refractivity contribution in [3.63, 3.8) is 0 Å². The molecule has 1 saturated carbocycles. The van der Waals surface area contributed by atoms with E-state index in [4.69, 9.17) is 21.1 Å². The minimum absolute atomic E-state index is 0.215. The van der Waals surface area contributed by atoms with Gasteiger partial charge in [0.1, 0.15) is 24.0 Å². The Kier molecular flexibility index (Phi) is 7.50. The van der Waals surface area contributed by atoms with Gasteiger partial charge in [-0.05, 0) is 37.0 Å². The molecule has 2 aromatic rings. The summed E-state index contributed by atoms with van der Waals surface area (Å²) in [6.45, 7) is 5.78. The number of nitrogens with zero attached hydrogens (tertiary/aromatic N) is 1. The van der Waals surface area contributed by atoms with Gasteiger partial charge in [-0.1, -0.05) is 60.8 Å². The molecule has 3 saturated heterocycles. The van der Waals surface area contributed by atoms with Crippen LogP contribution in [0.2, 0.25) is 5.02 Å². The average Bonchev–Trinajstić information content (AvgIpc) is 3.43. The Labute approximate surface area is 209 Å². The number of halogens is 1. The molecule has 0 amide bonds. The van der Waals surface area contributed by atoms with Crippen molar-refractivity contribution in [1.29, 1.82) is 0 Å². The predicted molar refractivity (Wildman–Crippen MR) is 136 cm³/mol. The molecule has 1 N–H and O–H groups in total. The molecule has 4 nitrogen and oxygen atoms in total. The van der Waals surface area contributed by atoms with Crippen molar-refractivity contribution in [3.8, 4) is 5.75 Å². The summed E-state index contributed by atoms with van der Waals surface area (Å²) in [6.07, 6.45) is 8.14. The van der Waals surface area contributed by atoms with E-state index in [0.717, 1.165) is 54.8 Å². The Morgan fingerprint density at radius 3 is 2.38 bits per heavy atom. The van der Waals surface area contributed by atoms with Crippen LogP contribution in [0.4, 0.5) is 0 Å². The van der Waals surface area contributed by atoms with Crippen LogP contribution in [0.15, 0.2) is 54.6 Å². The van der Waals surface area contributed by atoms with E-state index >= 15 is 0 Å². The van der Waals surface area contributed by atoms with Crippen molar-refractivity contribution >= 4 is 11.6 Å². The lowest BCUT2D eigenvalue weighted by molar-refractivity contribution is -0.946. The van der Waals surface area contributed by atoms with Crippen LogP contribution in [0.5, 0.6) is 5.75 Å². The van der Waals surface area contributed by atoms with E-state index in [-0.39, 0.29) is 12.0 Å². The summed E-state index contributed by atoms with van der Waals surface area (Å²) in [6, 6.07) is 17.9. The molecular weight excluding hydrogens is 446 g/mol. The van der Waals surface area contributed by atoms with E-state index in [1.165, 1.54) is 38.8 Å². The molecule has 3 aliphatic heterocycles. The fourth-order valence-corrected chi connectivity index (χ4v) is 7.00. The largest absolute Gasteiger partial charge is 0.493 e. The highest BCUT2D eigenvalue weighted by Crippen LogP contribution is 2.44. The third kappa shape index (κ3) is 5.16. The molecule has 0 spiro atoms. The van der Waals surface area contributed by atoms with Crippen LogP contribution in [0.25, 0.3) is 0 Å². The van der Waals surface area contributed by atoms with Gasteiger partial charge in [-0.25, -0.2) is 0 Å². The van der Waals surface area contributed by atoms with Gasteiger partial charge >= 0.3 is 0 Å². The maximum Gasteiger partial charge on any atom is 0.119 e. The van der Waals surface area contributed by atoms with Crippen molar-refractivity contribution in [3.05, 3.63) is 65.2 Å². The van der Waals surface area contributed by atoms with E-state index in [1.807, 2.05) is 54.6 Å². The number of fused-ring (bicyclic) bond motifs is 3. The quantitative estimate of drug-likeness (QED) is 0.341. The summed E-state index contributed by atoms with van der Waals surface area (Å²) >= 11 is 6.58. The number of benzene rings is 2. The second-order valence-electron chi connectivity index (χ2n) is 10.8. The number of ether oxygens (including phenoxy) is 2. The van der Waals surface area contributed by atoms with Gasteiger partial charge in [-0.2, -0.15) is 0 Å². The molecule has 2 bridgehead atoms. The summed E-state index contributed by atoms with van der Waals surface area (Å²) in [7, 11) is 0. The number of quaternary nitrogens is 1. The second-order valence-corrected chi connectivity index (χ2v) is 11.2. The SMILES string of the molecule is OC(COC1C[N+]2(CCCOc3ccccc3)CCC1CC2)(c1ccccc1Cl)C1CCCC1. The molecule has 4 aliphatic rings. The van der Waals surface area contributed by atoms with E-state index in [1.54, 1.807) is 0 Å². The lowest BCUT2D eigenvalue weighted by Gasteiger charge is -2.53. The number of para-hydroxylation sites is 1. The highest BCUT2D eigenvalue weighted by Gasteiger charge is 2.48. The Hall–Kier alpha value is -1.59. The number of piperidine rings is 3. The number of hydrogen-bond acceptors (Lipinski definition) is 3. The van der Waals surface area contributed by atoms with E-state index < -0.39 is 5.60 Å². The van der Waals surface area contributed by atoms with Crippen molar-refractivity contribution in [2.75, 3.05) is 39.4 Å². The summed E-state index contributed by atoms with van der Waals surface area (Å²) in [4.78, 5) is 0. The first-order valence-electron chi connectivity index (χ1n) is 13.2. The van der Waals surface area contributed by atoms with Gasteiger partial charge in [0, 0.05) is 35.8 Å². The van der Waals surface area contributed by atoms with Gasteiger partial charge in [0.25, 0.3) is 0 Å². The zero-order valence-electron chi connectivity index (χ0n) is 20.2. The van der Waals surface area contributed by atoms with E-state index in [9.17, 15) is 5.11 Å². The predicted octanol–water partition coefficient (Wildman–Crippen LogP) is 5.81. The molecule has 0 aromatic heterocycles. The third-order valence-corrected chi connectivity index (χ3v) is 9.05. The van der Waals surface area contributed by atoms with Crippen molar-refractivity contribution < 1.29 is 19.1 Å². The van der Waals surface area contributed by atoms with E-state index in [2.05, 4.69) is 0 Å². The molecular formula is C29H39ClNO3+. The Morgan fingerprint density at radius 1 is 0.941 bits per heavy atom. The highest BCUT2D eigenvalue weighted by atomic mass is 35.5. The van der Waals surface area contributed by atoms with Gasteiger partial charge < -0.3 is 19.1 Å². The molecule has 4 fully saturated rings. The lowest BCUT2D eigenvalue weighted by Crippen LogP contribution is -2.65. The summed E-state index contributed by atoms with van der Waals surface area (Å²) < 4.78 is 13.7. The fraction of sp³-hybridized carbons (Fsp3) is 0.586. The Bertz CT molecular complexity index is 924. The van der Waals surface area contributed by atoms with Gasteiger partial charge in [0.2, 0.25) is 0 Å². The summed E-state index contributed by atoms with van der Waals surface area (Å²) in [5.41, 5.74) is -0.165. The van der Waals surface area contributed by atoms with Crippen LogP contribution in [-0.4, -0.2) is 55.1 Å². The van der Waals surface area contributed by atoms with Crippen LogP contribution in [-0.2, 0) is 10.3 Å². The minimum atomic E-state index is -1.00. The average molecular weight is 485 g/mol. The molecule has 1 aliphatic carbocycles. The van der Waals surface area contributed by atoms with Crippen molar-refractivity contribution in [1.82, 2.24) is 0 Å². The maximum atomic E-state index is 12.0.